The fourth-order valence-electron chi connectivity index (χ4n) is 0.245. The molecule has 0 aliphatic rings. The lowest BCUT2D eigenvalue weighted by Crippen LogP contribution is -2.03. The maximum atomic E-state index is 8.27. The second kappa shape index (κ2) is 3.39. The summed E-state index contributed by atoms with van der Waals surface area (Å²) in [5.41, 5.74) is 0. The molecule has 0 saturated heterocycles. The van der Waals surface area contributed by atoms with Gasteiger partial charge in [-0.25, -0.2) is 0 Å². The van der Waals surface area contributed by atoms with Gasteiger partial charge in [0.05, 0.1) is 0 Å². The molecule has 0 amide bonds. The highest BCUT2D eigenvalue weighted by atomic mass is 16.6. The van der Waals surface area contributed by atoms with Crippen LogP contribution < -0.4 is 0 Å². The third kappa shape index (κ3) is 3.02. The zero-order valence-electron chi connectivity index (χ0n) is 4.20. The van der Waals surface area contributed by atoms with Crippen LogP contribution in [-0.2, 0) is 0 Å². The van der Waals surface area contributed by atoms with E-state index < -0.39 is 0 Å². The topological polar surface area (TPSA) is 55.8 Å². The van der Waals surface area contributed by atoms with Crippen LogP contribution in [0.4, 0.5) is 0 Å². The number of rotatable bonds is 2. The summed E-state index contributed by atoms with van der Waals surface area (Å²) in [7, 11) is 0. The van der Waals surface area contributed by atoms with Crippen LogP contribution in [0.2, 0.25) is 0 Å². The molecule has 0 bridgehead atoms. The SMILES string of the molecule is CCC/[N+](O)=N/O. The van der Waals surface area contributed by atoms with Crippen molar-refractivity contribution < 1.29 is 15.3 Å². The molecule has 0 rings (SSSR count). The molecule has 2 N–H and O–H groups in total. The highest BCUT2D eigenvalue weighted by Crippen LogP contribution is 1.74. The van der Waals surface area contributed by atoms with E-state index in [1.165, 1.54) is 0 Å². The average molecular weight is 105 g/mol. The number of hydrogen-bond donors (Lipinski definition) is 2. The van der Waals surface area contributed by atoms with Crippen molar-refractivity contribution in [3.8, 4) is 0 Å². The molecule has 4 nitrogen and oxygen atoms in total. The highest BCUT2D eigenvalue weighted by Gasteiger charge is 1.95. The predicted octanol–water partition coefficient (Wildman–Crippen LogP) is 0.639. The van der Waals surface area contributed by atoms with Crippen molar-refractivity contribution >= 4 is 0 Å². The van der Waals surface area contributed by atoms with Crippen LogP contribution >= 0.6 is 0 Å². The largest absolute Gasteiger partial charge is 0.359 e. The molecule has 0 spiro atoms. The molecule has 0 radical (unpaired) electrons. The molecule has 0 fully saturated rings. The van der Waals surface area contributed by atoms with E-state index in [1.54, 1.807) is 0 Å². The van der Waals surface area contributed by atoms with Crippen molar-refractivity contribution in [3.63, 3.8) is 0 Å². The Kier molecular flexibility index (Phi) is 3.00. The first-order valence-electron chi connectivity index (χ1n) is 2.12. The van der Waals surface area contributed by atoms with E-state index in [1.807, 2.05) is 6.92 Å². The van der Waals surface area contributed by atoms with E-state index in [2.05, 4.69) is 5.28 Å². The molecule has 0 unspecified atom stereocenters. The van der Waals surface area contributed by atoms with Gasteiger partial charge in [0.2, 0.25) is 11.8 Å². The van der Waals surface area contributed by atoms with Gasteiger partial charge in [0.25, 0.3) is 0 Å². The first-order valence-corrected chi connectivity index (χ1v) is 2.12. The van der Waals surface area contributed by atoms with Gasteiger partial charge in [-0.3, -0.25) is 5.21 Å². The Morgan fingerprint density at radius 2 is 2.29 bits per heavy atom. The molecule has 42 valence electrons. The van der Waals surface area contributed by atoms with E-state index in [0.717, 1.165) is 6.42 Å². The average Bonchev–Trinajstić information content (AvgIpc) is 1.68. The summed E-state index contributed by atoms with van der Waals surface area (Å²) in [6.45, 7) is 2.24. The zero-order chi connectivity index (χ0) is 5.70. The third-order valence-electron chi connectivity index (χ3n) is 0.527. The Morgan fingerprint density at radius 1 is 1.71 bits per heavy atom. The standard InChI is InChI=1S/C3H8N2O2/c1-2-3-5(7)4-6/h7H,2-3H2,1H3/p+1. The fourth-order valence-corrected chi connectivity index (χ4v) is 0.245. The maximum absolute atomic E-state index is 8.27. The molecule has 0 atom stereocenters. The number of hydrogen-bond acceptors (Lipinski definition) is 1. The van der Waals surface area contributed by atoms with Crippen molar-refractivity contribution in [2.24, 2.45) is 5.28 Å². The van der Waals surface area contributed by atoms with Crippen LogP contribution in [0.1, 0.15) is 13.3 Å². The predicted molar refractivity (Wildman–Crippen MR) is 21.4 cm³/mol. The van der Waals surface area contributed by atoms with Gasteiger partial charge in [0, 0.05) is 6.42 Å². The summed E-state index contributed by atoms with van der Waals surface area (Å²) in [5, 5.41) is 18.5. The molecule has 0 aromatic rings. The monoisotopic (exact) mass is 105 g/mol. The molecular weight excluding hydrogens is 96.0 g/mol. The number of hydroxylamine groups is 1. The van der Waals surface area contributed by atoms with E-state index >= 15 is 0 Å². The minimum atomic E-state index is 0.372. The molecule has 0 aliphatic carbocycles. The molecule has 4 heteroatoms. The Bertz CT molecular complexity index is 71.3. The molecule has 7 heavy (non-hydrogen) atoms. The van der Waals surface area contributed by atoms with Gasteiger partial charge in [0.15, 0.2) is 0 Å². The van der Waals surface area contributed by atoms with Crippen molar-refractivity contribution in [2.75, 3.05) is 6.54 Å². The van der Waals surface area contributed by atoms with Gasteiger partial charge in [-0.2, -0.15) is 0 Å². The van der Waals surface area contributed by atoms with Crippen molar-refractivity contribution in [1.82, 2.24) is 0 Å². The Hall–Kier alpha value is -0.800. The molecule has 0 saturated carbocycles. The minimum absolute atomic E-state index is 0.372. The fraction of sp³-hybridized carbons (Fsp3) is 1.00. The van der Waals surface area contributed by atoms with E-state index in [0.29, 0.717) is 11.4 Å². The first kappa shape index (κ1) is 6.20. The summed E-state index contributed by atoms with van der Waals surface area (Å²) in [5.74, 6) is 0. The Labute approximate surface area is 41.6 Å². The van der Waals surface area contributed by atoms with Gasteiger partial charge < -0.3 is 5.21 Å². The van der Waals surface area contributed by atoms with Crippen LogP contribution in [0.5, 0.6) is 0 Å². The quantitative estimate of drug-likeness (QED) is 0.307. The molecule has 0 aliphatic heterocycles. The van der Waals surface area contributed by atoms with Gasteiger partial charge >= 0.3 is 0 Å². The minimum Gasteiger partial charge on any atom is -0.359 e. The summed E-state index contributed by atoms with van der Waals surface area (Å²) >= 11 is 0. The van der Waals surface area contributed by atoms with Crippen LogP contribution in [-0.4, -0.2) is 21.8 Å². The van der Waals surface area contributed by atoms with Crippen molar-refractivity contribution in [1.29, 1.82) is 0 Å². The van der Waals surface area contributed by atoms with Gasteiger partial charge in [-0.05, 0) is 0 Å². The van der Waals surface area contributed by atoms with Crippen LogP contribution in [0.15, 0.2) is 5.28 Å². The normalized spacial score (nSPS) is 11.9. The lowest BCUT2D eigenvalue weighted by atomic mass is 10.5. The van der Waals surface area contributed by atoms with Gasteiger partial charge in [-0.1, -0.05) is 6.92 Å². The zero-order valence-corrected chi connectivity index (χ0v) is 4.20. The summed E-state index contributed by atoms with van der Waals surface area (Å²) in [4.78, 5) is 0.486. The van der Waals surface area contributed by atoms with E-state index in [4.69, 9.17) is 10.4 Å². The van der Waals surface area contributed by atoms with E-state index in [-0.39, 0.29) is 0 Å². The number of nitrogens with zero attached hydrogens (tertiary/aromatic N) is 2. The van der Waals surface area contributed by atoms with Gasteiger partial charge in [-0.15, -0.1) is 0 Å². The molecule has 0 heterocycles. The second-order valence-corrected chi connectivity index (χ2v) is 1.19. The molecular formula is C3H9N2O2+. The second-order valence-electron chi connectivity index (χ2n) is 1.19. The van der Waals surface area contributed by atoms with Crippen molar-refractivity contribution in [2.45, 2.75) is 13.3 Å². The van der Waals surface area contributed by atoms with Crippen LogP contribution in [0.25, 0.3) is 0 Å². The highest BCUT2D eigenvalue weighted by molar-refractivity contribution is 4.10. The van der Waals surface area contributed by atoms with Crippen molar-refractivity contribution in [3.05, 3.63) is 0 Å². The van der Waals surface area contributed by atoms with Gasteiger partial charge in [0.1, 0.15) is 4.86 Å². The maximum Gasteiger partial charge on any atom is 0.236 e. The lowest BCUT2D eigenvalue weighted by Gasteiger charge is -1.77. The molecule has 0 aromatic carbocycles. The Balaban J connectivity index is 3.17. The van der Waals surface area contributed by atoms with Crippen LogP contribution in [0.3, 0.4) is 0 Å². The van der Waals surface area contributed by atoms with E-state index in [9.17, 15) is 0 Å². The lowest BCUT2D eigenvalue weighted by molar-refractivity contribution is -0.836. The van der Waals surface area contributed by atoms with Crippen LogP contribution in [0, 0.1) is 0 Å². The summed E-state index contributed by atoms with van der Waals surface area (Å²) in [6.07, 6.45) is 0.764. The third-order valence-corrected chi connectivity index (χ3v) is 0.527. The first-order chi connectivity index (χ1) is 3.31. The smallest absolute Gasteiger partial charge is 0.236 e. The summed E-state index contributed by atoms with van der Waals surface area (Å²) in [6, 6.07) is 0. The molecule has 0 aromatic heterocycles. The summed E-state index contributed by atoms with van der Waals surface area (Å²) < 4.78 is 0. The Morgan fingerprint density at radius 3 is 2.43 bits per heavy atom.